The number of nitrogens with zero attached hydrogens (tertiary/aromatic N) is 4. The molecule has 0 radical (unpaired) electrons. The first-order valence-corrected chi connectivity index (χ1v) is 10.8. The number of aromatic nitrogens is 3. The first-order chi connectivity index (χ1) is 14.5. The van der Waals surface area contributed by atoms with Crippen LogP contribution in [0.15, 0.2) is 51.5 Å². The molecule has 0 fully saturated rings. The molecule has 0 spiro atoms. The lowest BCUT2D eigenvalue weighted by atomic mass is 10.0. The van der Waals surface area contributed by atoms with E-state index in [9.17, 15) is 4.79 Å². The molecule has 0 unspecified atom stereocenters. The molecule has 30 heavy (non-hydrogen) atoms. The maximum atomic E-state index is 12.8. The minimum Gasteiger partial charge on any atom is -0.493 e. The second kappa shape index (κ2) is 9.58. The van der Waals surface area contributed by atoms with Crippen molar-refractivity contribution in [3.05, 3.63) is 53.0 Å². The van der Waals surface area contributed by atoms with Crippen molar-refractivity contribution in [1.29, 1.82) is 0 Å². The van der Waals surface area contributed by atoms with Gasteiger partial charge in [0.1, 0.15) is 5.75 Å². The van der Waals surface area contributed by atoms with Crippen molar-refractivity contribution in [3.63, 3.8) is 0 Å². The highest BCUT2D eigenvalue weighted by molar-refractivity contribution is 7.98. The Morgan fingerprint density at radius 2 is 2.17 bits per heavy atom. The predicted molar refractivity (Wildman–Crippen MR) is 124 cm³/mol. The lowest BCUT2D eigenvalue weighted by Gasteiger charge is -2.15. The molecule has 0 saturated heterocycles. The van der Waals surface area contributed by atoms with Crippen LogP contribution in [0.25, 0.3) is 27.6 Å². The lowest BCUT2D eigenvalue weighted by Crippen LogP contribution is -2.18. The number of ether oxygens (including phenoxy) is 1. The summed E-state index contributed by atoms with van der Waals surface area (Å²) >= 11 is 1.64. The molecule has 0 aliphatic rings. The number of rotatable bonds is 7. The van der Waals surface area contributed by atoms with E-state index in [0.717, 1.165) is 28.2 Å². The van der Waals surface area contributed by atoms with Gasteiger partial charge in [-0.3, -0.25) is 9.79 Å². The normalized spacial score (nSPS) is 12.1. The monoisotopic (exact) mass is 423 g/mol. The molecule has 3 aromatic rings. The first kappa shape index (κ1) is 21.6. The average Bonchev–Trinajstić information content (AvgIpc) is 2.78. The van der Waals surface area contributed by atoms with E-state index in [1.807, 2.05) is 18.4 Å². The third-order valence-electron chi connectivity index (χ3n) is 4.56. The van der Waals surface area contributed by atoms with Gasteiger partial charge in [-0.1, -0.05) is 6.92 Å². The van der Waals surface area contributed by atoms with Gasteiger partial charge in [0.2, 0.25) is 0 Å². The number of benzene rings is 1. The maximum absolute atomic E-state index is 12.8. The van der Waals surface area contributed by atoms with Crippen LogP contribution in [0.5, 0.6) is 5.75 Å². The van der Waals surface area contributed by atoms with Gasteiger partial charge in [0.05, 0.1) is 23.1 Å². The average molecular weight is 424 g/mol. The van der Waals surface area contributed by atoms with Gasteiger partial charge >= 0.3 is 0 Å². The Morgan fingerprint density at radius 3 is 2.83 bits per heavy atom. The second-order valence-corrected chi connectivity index (χ2v) is 7.51. The van der Waals surface area contributed by atoms with Crippen LogP contribution in [0.4, 0.5) is 0 Å². The molecule has 156 valence electrons. The predicted octanol–water partition coefficient (Wildman–Crippen LogP) is 3.51. The first-order valence-electron chi connectivity index (χ1n) is 9.56. The van der Waals surface area contributed by atoms with E-state index < -0.39 is 0 Å². The number of hydrogen-bond donors (Lipinski definition) is 1. The number of hydrogen-bond acceptors (Lipinski definition) is 7. The van der Waals surface area contributed by atoms with Gasteiger partial charge in [0, 0.05) is 54.9 Å². The van der Waals surface area contributed by atoms with Gasteiger partial charge in [0.25, 0.3) is 5.56 Å². The number of thioether (sulfide) groups is 1. The molecule has 1 aromatic carbocycles. The third-order valence-corrected chi connectivity index (χ3v) is 5.29. The van der Waals surface area contributed by atoms with Crippen molar-refractivity contribution in [2.45, 2.75) is 18.2 Å². The fourth-order valence-corrected chi connectivity index (χ4v) is 3.52. The zero-order valence-corrected chi connectivity index (χ0v) is 18.4. The number of pyridine rings is 1. The molecule has 0 saturated carbocycles. The van der Waals surface area contributed by atoms with Gasteiger partial charge in [-0.2, -0.15) is 0 Å². The van der Waals surface area contributed by atoms with Crippen LogP contribution < -0.4 is 16.0 Å². The zero-order chi connectivity index (χ0) is 21.7. The number of aliphatic imine (C=N–C) groups is 1. The molecule has 0 bridgehead atoms. The van der Waals surface area contributed by atoms with Crippen LogP contribution >= 0.6 is 11.8 Å². The number of fused-ring (bicyclic) bond motifs is 1. The Morgan fingerprint density at radius 1 is 1.37 bits per heavy atom. The maximum Gasteiger partial charge on any atom is 0.261 e. The van der Waals surface area contributed by atoms with Crippen molar-refractivity contribution < 1.29 is 4.74 Å². The van der Waals surface area contributed by atoms with Gasteiger partial charge in [0.15, 0.2) is 5.82 Å². The Labute approximate surface area is 179 Å². The highest BCUT2D eigenvalue weighted by Crippen LogP contribution is 2.36. The van der Waals surface area contributed by atoms with Gasteiger partial charge in [-0.15, -0.1) is 11.8 Å². The van der Waals surface area contributed by atoms with Gasteiger partial charge in [-0.05, 0) is 30.9 Å². The summed E-state index contributed by atoms with van der Waals surface area (Å²) in [5.74, 6) is 1.15. The SMILES string of the molecule is CCCOc1ccc(SC)cc1-c1cn(C)c(=O)c2cnc(C(C=NC)=CN)nc12. The van der Waals surface area contributed by atoms with E-state index in [-0.39, 0.29) is 5.56 Å². The second-order valence-electron chi connectivity index (χ2n) is 6.63. The lowest BCUT2D eigenvalue weighted by molar-refractivity contribution is 0.318. The van der Waals surface area contributed by atoms with E-state index in [0.29, 0.717) is 28.9 Å². The van der Waals surface area contributed by atoms with E-state index in [1.54, 1.807) is 49.0 Å². The van der Waals surface area contributed by atoms with Crippen molar-refractivity contribution >= 4 is 34.5 Å². The molecule has 0 amide bonds. The summed E-state index contributed by atoms with van der Waals surface area (Å²) in [6, 6.07) is 6.05. The molecular formula is C22H25N5O2S. The smallest absolute Gasteiger partial charge is 0.261 e. The van der Waals surface area contributed by atoms with Crippen molar-refractivity contribution in [2.24, 2.45) is 17.8 Å². The Kier molecular flexibility index (Phi) is 6.89. The van der Waals surface area contributed by atoms with Crippen LogP contribution in [0.1, 0.15) is 19.2 Å². The summed E-state index contributed by atoms with van der Waals surface area (Å²) in [7, 11) is 3.37. The molecule has 8 heteroatoms. The van der Waals surface area contributed by atoms with Crippen LogP contribution in [-0.2, 0) is 7.05 Å². The largest absolute Gasteiger partial charge is 0.493 e. The van der Waals surface area contributed by atoms with Crippen LogP contribution in [-0.4, -0.2) is 40.7 Å². The van der Waals surface area contributed by atoms with Crippen LogP contribution in [0, 0.1) is 0 Å². The Balaban J connectivity index is 2.35. The highest BCUT2D eigenvalue weighted by atomic mass is 32.2. The topological polar surface area (TPSA) is 95.4 Å². The van der Waals surface area contributed by atoms with Crippen molar-refractivity contribution in [3.8, 4) is 16.9 Å². The van der Waals surface area contributed by atoms with Gasteiger partial charge in [-0.25, -0.2) is 9.97 Å². The molecule has 2 N–H and O–H groups in total. The summed E-state index contributed by atoms with van der Waals surface area (Å²) in [6.45, 7) is 2.66. The number of nitrogens with two attached hydrogens (primary N) is 1. The number of aryl methyl sites for hydroxylation is 1. The molecule has 2 aromatic heterocycles. The van der Waals surface area contributed by atoms with Crippen molar-refractivity contribution in [2.75, 3.05) is 19.9 Å². The minimum atomic E-state index is -0.167. The van der Waals surface area contributed by atoms with Crippen LogP contribution in [0.3, 0.4) is 0 Å². The fraction of sp³-hybridized carbons (Fsp3) is 0.273. The van der Waals surface area contributed by atoms with Crippen molar-refractivity contribution in [1.82, 2.24) is 14.5 Å². The fourth-order valence-electron chi connectivity index (χ4n) is 3.08. The van der Waals surface area contributed by atoms with Gasteiger partial charge < -0.3 is 15.0 Å². The Bertz CT molecular complexity index is 1180. The molecule has 0 aliphatic carbocycles. The van der Waals surface area contributed by atoms with Crippen LogP contribution in [0.2, 0.25) is 0 Å². The molecular weight excluding hydrogens is 398 g/mol. The Hall–Kier alpha value is -3.13. The summed E-state index contributed by atoms with van der Waals surface area (Å²) < 4.78 is 7.55. The highest BCUT2D eigenvalue weighted by Gasteiger charge is 2.17. The molecule has 2 heterocycles. The molecule has 0 atom stereocenters. The summed E-state index contributed by atoms with van der Waals surface area (Å²) in [5.41, 5.74) is 8.36. The van der Waals surface area contributed by atoms with E-state index in [1.165, 1.54) is 6.20 Å². The number of allylic oxidation sites excluding steroid dienone is 1. The summed E-state index contributed by atoms with van der Waals surface area (Å²) in [6.07, 6.45) is 9.24. The molecule has 3 rings (SSSR count). The van der Waals surface area contributed by atoms with E-state index >= 15 is 0 Å². The molecule has 7 nitrogen and oxygen atoms in total. The minimum absolute atomic E-state index is 0.167. The van der Waals surface area contributed by atoms with E-state index in [2.05, 4.69) is 23.0 Å². The zero-order valence-electron chi connectivity index (χ0n) is 17.5. The van der Waals surface area contributed by atoms with E-state index in [4.69, 9.17) is 15.5 Å². The summed E-state index contributed by atoms with van der Waals surface area (Å²) in [5, 5.41) is 0.430. The standard InChI is InChI=1S/C22H25N5O2S/c1-5-8-29-19-7-6-15(30-4)9-16(19)18-13-27(3)22(28)17-12-25-21(26-20(17)18)14(10-23)11-24-2/h6-7,9-13H,5,8,23H2,1-4H3. The molecule has 0 aliphatic heterocycles. The third kappa shape index (κ3) is 4.23. The summed E-state index contributed by atoms with van der Waals surface area (Å²) in [4.78, 5) is 26.9. The quantitative estimate of drug-likeness (QED) is 0.462.